The number of nitrogens with zero attached hydrogens (tertiary/aromatic N) is 2. The average molecular weight is 277 g/mol. The van der Waals surface area contributed by atoms with Crippen LogP contribution < -0.4 is 5.32 Å². The van der Waals surface area contributed by atoms with Crippen LogP contribution >= 0.6 is 0 Å². The molecule has 106 valence electrons. The molecule has 0 saturated heterocycles. The van der Waals surface area contributed by atoms with E-state index in [9.17, 15) is 8.78 Å². The summed E-state index contributed by atoms with van der Waals surface area (Å²) < 4.78 is 26.7. The number of hydrogen-bond acceptors (Lipinski definition) is 3. The maximum Gasteiger partial charge on any atom is 0.129 e. The predicted molar refractivity (Wildman–Crippen MR) is 73.1 cm³/mol. The first-order valence-corrected chi connectivity index (χ1v) is 6.63. The van der Waals surface area contributed by atoms with Crippen LogP contribution in [0.5, 0.6) is 0 Å². The van der Waals surface area contributed by atoms with Gasteiger partial charge in [-0.1, -0.05) is 13.0 Å². The largest absolute Gasteiger partial charge is 0.310 e. The highest BCUT2D eigenvalue weighted by Crippen LogP contribution is 2.19. The zero-order valence-corrected chi connectivity index (χ0v) is 11.3. The van der Waals surface area contributed by atoms with E-state index < -0.39 is 11.6 Å². The topological polar surface area (TPSA) is 37.8 Å². The van der Waals surface area contributed by atoms with Gasteiger partial charge in [0.2, 0.25) is 0 Å². The second-order valence-corrected chi connectivity index (χ2v) is 4.62. The van der Waals surface area contributed by atoms with Crippen molar-refractivity contribution in [3.05, 3.63) is 59.7 Å². The van der Waals surface area contributed by atoms with Crippen molar-refractivity contribution < 1.29 is 8.78 Å². The molecule has 3 nitrogen and oxygen atoms in total. The highest BCUT2D eigenvalue weighted by Gasteiger charge is 2.15. The van der Waals surface area contributed by atoms with Crippen LogP contribution in [0.2, 0.25) is 0 Å². The second kappa shape index (κ2) is 7.05. The molecule has 1 heterocycles. The van der Waals surface area contributed by atoms with E-state index in [0.29, 0.717) is 12.0 Å². The standard InChI is InChI=1S/C15H17F2N3/c1-2-5-20-15(12-8-18-10-19-9-12)6-11-3-4-13(16)7-14(11)17/h3-4,7-10,15,20H,2,5-6H2,1H3. The van der Waals surface area contributed by atoms with Gasteiger partial charge in [-0.05, 0) is 31.0 Å². The van der Waals surface area contributed by atoms with E-state index in [2.05, 4.69) is 22.2 Å². The fourth-order valence-corrected chi connectivity index (χ4v) is 2.02. The van der Waals surface area contributed by atoms with E-state index >= 15 is 0 Å². The minimum atomic E-state index is -0.563. The first kappa shape index (κ1) is 14.5. The predicted octanol–water partition coefficient (Wildman–Crippen LogP) is 3.04. The Morgan fingerprint density at radius 3 is 2.60 bits per heavy atom. The molecule has 0 spiro atoms. The molecule has 1 unspecified atom stereocenters. The van der Waals surface area contributed by atoms with Gasteiger partial charge in [-0.3, -0.25) is 0 Å². The number of hydrogen-bond donors (Lipinski definition) is 1. The van der Waals surface area contributed by atoms with E-state index in [0.717, 1.165) is 24.6 Å². The van der Waals surface area contributed by atoms with Crippen LogP contribution in [0, 0.1) is 11.6 Å². The number of nitrogens with one attached hydrogen (secondary N) is 1. The molecular formula is C15H17F2N3. The van der Waals surface area contributed by atoms with Crippen molar-refractivity contribution >= 4 is 0 Å². The van der Waals surface area contributed by atoms with Gasteiger partial charge in [0.25, 0.3) is 0 Å². The van der Waals surface area contributed by atoms with Gasteiger partial charge in [0.05, 0.1) is 0 Å². The maximum absolute atomic E-state index is 13.7. The van der Waals surface area contributed by atoms with Crippen molar-refractivity contribution in [3.63, 3.8) is 0 Å². The lowest BCUT2D eigenvalue weighted by molar-refractivity contribution is 0.506. The molecule has 0 saturated carbocycles. The highest BCUT2D eigenvalue weighted by atomic mass is 19.1. The molecular weight excluding hydrogens is 260 g/mol. The zero-order chi connectivity index (χ0) is 14.4. The molecule has 2 aromatic rings. The minimum Gasteiger partial charge on any atom is -0.310 e. The molecule has 1 atom stereocenters. The van der Waals surface area contributed by atoms with E-state index in [4.69, 9.17) is 0 Å². The Labute approximate surface area is 117 Å². The molecule has 0 bridgehead atoms. The Hall–Kier alpha value is -1.88. The van der Waals surface area contributed by atoms with Gasteiger partial charge in [0.15, 0.2) is 0 Å². The molecule has 0 aliphatic heterocycles. The molecule has 0 amide bonds. The molecule has 0 fully saturated rings. The van der Waals surface area contributed by atoms with Crippen LogP contribution in [-0.2, 0) is 6.42 Å². The third kappa shape index (κ3) is 3.81. The van der Waals surface area contributed by atoms with Crippen molar-refractivity contribution in [2.75, 3.05) is 6.54 Å². The van der Waals surface area contributed by atoms with Gasteiger partial charge >= 0.3 is 0 Å². The summed E-state index contributed by atoms with van der Waals surface area (Å²) in [7, 11) is 0. The molecule has 0 radical (unpaired) electrons. The quantitative estimate of drug-likeness (QED) is 0.882. The first-order chi connectivity index (χ1) is 9.70. The van der Waals surface area contributed by atoms with Gasteiger partial charge in [0.1, 0.15) is 18.0 Å². The smallest absolute Gasteiger partial charge is 0.129 e. The van der Waals surface area contributed by atoms with Gasteiger partial charge in [-0.2, -0.15) is 0 Å². The molecule has 0 aliphatic rings. The molecule has 1 N–H and O–H groups in total. The normalized spacial score (nSPS) is 12.3. The lowest BCUT2D eigenvalue weighted by Gasteiger charge is -2.18. The Kier molecular flexibility index (Phi) is 5.12. The van der Waals surface area contributed by atoms with Crippen molar-refractivity contribution in [3.8, 4) is 0 Å². The van der Waals surface area contributed by atoms with E-state index in [1.807, 2.05) is 0 Å². The summed E-state index contributed by atoms with van der Waals surface area (Å²) in [4.78, 5) is 7.97. The lowest BCUT2D eigenvalue weighted by Crippen LogP contribution is -2.24. The summed E-state index contributed by atoms with van der Waals surface area (Å²) in [5.74, 6) is -1.09. The van der Waals surface area contributed by atoms with Crippen LogP contribution in [0.4, 0.5) is 8.78 Å². The SMILES string of the molecule is CCCNC(Cc1ccc(F)cc1F)c1cncnc1. The van der Waals surface area contributed by atoms with Gasteiger partial charge in [-0.15, -0.1) is 0 Å². The van der Waals surface area contributed by atoms with Gasteiger partial charge in [0, 0.05) is 30.1 Å². The molecule has 20 heavy (non-hydrogen) atoms. The van der Waals surface area contributed by atoms with Crippen LogP contribution in [0.25, 0.3) is 0 Å². The summed E-state index contributed by atoms with van der Waals surface area (Å²) in [5.41, 5.74) is 1.37. The van der Waals surface area contributed by atoms with Crippen molar-refractivity contribution in [1.82, 2.24) is 15.3 Å². The molecule has 0 aliphatic carbocycles. The second-order valence-electron chi connectivity index (χ2n) is 4.62. The first-order valence-electron chi connectivity index (χ1n) is 6.63. The fraction of sp³-hybridized carbons (Fsp3) is 0.333. The molecule has 5 heteroatoms. The molecule has 1 aromatic heterocycles. The Morgan fingerprint density at radius 2 is 1.95 bits per heavy atom. The Bertz CT molecular complexity index is 546. The zero-order valence-electron chi connectivity index (χ0n) is 11.3. The number of aromatic nitrogens is 2. The third-order valence-corrected chi connectivity index (χ3v) is 3.06. The Balaban J connectivity index is 2.19. The van der Waals surface area contributed by atoms with Crippen LogP contribution in [0.15, 0.2) is 36.9 Å². The number of benzene rings is 1. The van der Waals surface area contributed by atoms with Crippen LogP contribution in [-0.4, -0.2) is 16.5 Å². The lowest BCUT2D eigenvalue weighted by atomic mass is 10.0. The summed E-state index contributed by atoms with van der Waals surface area (Å²) in [5, 5.41) is 3.34. The molecule has 2 rings (SSSR count). The fourth-order valence-electron chi connectivity index (χ4n) is 2.02. The van der Waals surface area contributed by atoms with E-state index in [1.165, 1.54) is 18.5 Å². The van der Waals surface area contributed by atoms with E-state index in [1.54, 1.807) is 12.4 Å². The van der Waals surface area contributed by atoms with Gasteiger partial charge < -0.3 is 5.32 Å². The highest BCUT2D eigenvalue weighted by molar-refractivity contribution is 5.22. The van der Waals surface area contributed by atoms with Crippen molar-refractivity contribution in [2.24, 2.45) is 0 Å². The Morgan fingerprint density at radius 1 is 1.20 bits per heavy atom. The number of halogens is 2. The third-order valence-electron chi connectivity index (χ3n) is 3.06. The summed E-state index contributed by atoms with van der Waals surface area (Å²) in [6.07, 6.45) is 6.28. The summed E-state index contributed by atoms with van der Waals surface area (Å²) in [6, 6.07) is 3.58. The number of rotatable bonds is 6. The van der Waals surface area contributed by atoms with Crippen LogP contribution in [0.1, 0.15) is 30.5 Å². The summed E-state index contributed by atoms with van der Waals surface area (Å²) >= 11 is 0. The minimum absolute atomic E-state index is 0.0869. The van der Waals surface area contributed by atoms with E-state index in [-0.39, 0.29) is 6.04 Å². The maximum atomic E-state index is 13.7. The molecule has 1 aromatic carbocycles. The van der Waals surface area contributed by atoms with Crippen molar-refractivity contribution in [1.29, 1.82) is 0 Å². The summed E-state index contributed by atoms with van der Waals surface area (Å²) in [6.45, 7) is 2.87. The monoisotopic (exact) mass is 277 g/mol. The average Bonchev–Trinajstić information content (AvgIpc) is 2.46. The van der Waals surface area contributed by atoms with Crippen LogP contribution in [0.3, 0.4) is 0 Å². The van der Waals surface area contributed by atoms with Gasteiger partial charge in [-0.25, -0.2) is 18.7 Å². The van der Waals surface area contributed by atoms with Crippen molar-refractivity contribution in [2.45, 2.75) is 25.8 Å².